The Bertz CT molecular complexity index is 898. The molecule has 0 unspecified atom stereocenters. The molecule has 2 N–H and O–H groups in total. The van der Waals surface area contributed by atoms with E-state index in [-0.39, 0.29) is 18.0 Å². The number of methoxy groups -OCH3 is 1. The molecule has 0 saturated heterocycles. The minimum atomic E-state index is -4.82. The van der Waals surface area contributed by atoms with Crippen LogP contribution in [0.3, 0.4) is 0 Å². The number of hydrogen-bond donors (Lipinski definition) is 2. The predicted octanol–water partition coefficient (Wildman–Crippen LogP) is 3.09. The van der Waals surface area contributed by atoms with Gasteiger partial charge in [-0.15, -0.1) is 0 Å². The van der Waals surface area contributed by atoms with Gasteiger partial charge in [0.1, 0.15) is 6.61 Å². The fourth-order valence-corrected chi connectivity index (χ4v) is 3.41. The zero-order chi connectivity index (χ0) is 19.4. The quantitative estimate of drug-likeness (QED) is 0.797. The van der Waals surface area contributed by atoms with Crippen molar-refractivity contribution in [1.29, 1.82) is 0 Å². The predicted molar refractivity (Wildman–Crippen MR) is 89.2 cm³/mol. The SMILES string of the molecule is COCC(=O)Nc1cccc(NS(=O)(=O)c2ccccc2C(F)(F)F)c1. The second kappa shape index (κ2) is 7.75. The molecule has 0 aromatic heterocycles. The lowest BCUT2D eigenvalue weighted by atomic mass is 10.2. The summed E-state index contributed by atoms with van der Waals surface area (Å²) in [6.07, 6.45) is -4.82. The van der Waals surface area contributed by atoms with Gasteiger partial charge < -0.3 is 10.1 Å². The second-order valence-electron chi connectivity index (χ2n) is 5.16. The van der Waals surface area contributed by atoms with Crippen molar-refractivity contribution < 1.29 is 31.1 Å². The van der Waals surface area contributed by atoms with Gasteiger partial charge in [-0.2, -0.15) is 13.2 Å². The fraction of sp³-hybridized carbons (Fsp3) is 0.188. The molecule has 0 atom stereocenters. The maximum atomic E-state index is 13.0. The van der Waals surface area contributed by atoms with Gasteiger partial charge in [-0.25, -0.2) is 8.42 Å². The number of amides is 1. The molecule has 0 saturated carbocycles. The van der Waals surface area contributed by atoms with Crippen molar-refractivity contribution in [3.63, 3.8) is 0 Å². The summed E-state index contributed by atoms with van der Waals surface area (Å²) in [7, 11) is -3.15. The highest BCUT2D eigenvalue weighted by Gasteiger charge is 2.36. The van der Waals surface area contributed by atoms with Crippen LogP contribution in [0.5, 0.6) is 0 Å². The average Bonchev–Trinajstić information content (AvgIpc) is 2.54. The van der Waals surface area contributed by atoms with Crippen molar-refractivity contribution in [2.45, 2.75) is 11.1 Å². The van der Waals surface area contributed by atoms with Gasteiger partial charge in [0.25, 0.3) is 10.0 Å². The minimum absolute atomic E-state index is 0.00260. The first-order chi connectivity index (χ1) is 12.1. The summed E-state index contributed by atoms with van der Waals surface area (Å²) in [4.78, 5) is 10.6. The van der Waals surface area contributed by atoms with Gasteiger partial charge in [0.2, 0.25) is 5.91 Å². The molecule has 2 rings (SSSR count). The van der Waals surface area contributed by atoms with E-state index in [9.17, 15) is 26.4 Å². The lowest BCUT2D eigenvalue weighted by molar-refractivity contribution is -0.139. The molecule has 0 aliphatic rings. The molecule has 0 aliphatic carbocycles. The van der Waals surface area contributed by atoms with Crippen LogP contribution >= 0.6 is 0 Å². The zero-order valence-corrected chi connectivity index (χ0v) is 14.3. The van der Waals surface area contributed by atoms with Gasteiger partial charge in [-0.3, -0.25) is 9.52 Å². The first-order valence-corrected chi connectivity index (χ1v) is 8.70. The largest absolute Gasteiger partial charge is 0.417 e. The van der Waals surface area contributed by atoms with Crippen LogP contribution in [0.2, 0.25) is 0 Å². The number of rotatable bonds is 6. The molecule has 0 bridgehead atoms. The average molecular weight is 388 g/mol. The van der Waals surface area contributed by atoms with Crippen molar-refractivity contribution in [2.24, 2.45) is 0 Å². The molecule has 2 aromatic carbocycles. The molecule has 6 nitrogen and oxygen atoms in total. The summed E-state index contributed by atoms with van der Waals surface area (Å²) in [5, 5.41) is 2.47. The van der Waals surface area contributed by atoms with E-state index in [2.05, 4.69) is 14.8 Å². The highest BCUT2D eigenvalue weighted by atomic mass is 32.2. The number of alkyl halides is 3. The molecule has 2 aromatic rings. The highest BCUT2D eigenvalue weighted by molar-refractivity contribution is 7.92. The normalized spacial score (nSPS) is 11.8. The van der Waals surface area contributed by atoms with Crippen molar-refractivity contribution in [3.8, 4) is 0 Å². The third-order valence-electron chi connectivity index (χ3n) is 3.16. The third kappa shape index (κ3) is 4.96. The number of carbonyl (C=O) groups is 1. The number of benzene rings is 2. The number of hydrogen-bond acceptors (Lipinski definition) is 4. The van der Waals surface area contributed by atoms with Gasteiger partial charge in [0.15, 0.2) is 0 Å². The van der Waals surface area contributed by atoms with Gasteiger partial charge in [-0.05, 0) is 30.3 Å². The number of anilines is 2. The Balaban J connectivity index is 2.30. The monoisotopic (exact) mass is 388 g/mol. The van der Waals surface area contributed by atoms with Gasteiger partial charge in [0, 0.05) is 12.8 Å². The summed E-state index contributed by atoms with van der Waals surface area (Å²) in [6.45, 7) is -0.199. The second-order valence-corrected chi connectivity index (χ2v) is 6.81. The van der Waals surface area contributed by atoms with Crippen LogP contribution in [0.1, 0.15) is 5.56 Å². The van der Waals surface area contributed by atoms with E-state index in [4.69, 9.17) is 0 Å². The topological polar surface area (TPSA) is 84.5 Å². The van der Waals surface area contributed by atoms with Crippen LogP contribution in [0.25, 0.3) is 0 Å². The standard InChI is InChI=1S/C16H15F3N2O4S/c1-25-10-15(22)20-11-5-4-6-12(9-11)21-26(23,24)14-8-3-2-7-13(14)16(17,18)19/h2-9,21H,10H2,1H3,(H,20,22). The smallest absolute Gasteiger partial charge is 0.375 e. The van der Waals surface area contributed by atoms with E-state index >= 15 is 0 Å². The van der Waals surface area contributed by atoms with Crippen LogP contribution in [0.15, 0.2) is 53.4 Å². The number of ether oxygens (including phenoxy) is 1. The van der Waals surface area contributed by atoms with E-state index in [0.717, 1.165) is 12.1 Å². The van der Waals surface area contributed by atoms with E-state index < -0.39 is 32.6 Å². The Labute approximate surface area is 148 Å². The number of halogens is 3. The van der Waals surface area contributed by atoms with Crippen molar-refractivity contribution in [2.75, 3.05) is 23.8 Å². The fourth-order valence-electron chi connectivity index (χ4n) is 2.13. The first kappa shape index (κ1) is 19.7. The molecular formula is C16H15F3N2O4S. The molecule has 0 spiro atoms. The van der Waals surface area contributed by atoms with Crippen LogP contribution in [-0.4, -0.2) is 28.0 Å². The van der Waals surface area contributed by atoms with E-state index in [1.807, 2.05) is 0 Å². The summed E-state index contributed by atoms with van der Waals surface area (Å²) >= 11 is 0. The van der Waals surface area contributed by atoms with Gasteiger partial charge in [0.05, 0.1) is 16.1 Å². The lowest BCUT2D eigenvalue weighted by Crippen LogP contribution is -2.19. The maximum Gasteiger partial charge on any atom is 0.417 e. The first-order valence-electron chi connectivity index (χ1n) is 7.21. The van der Waals surface area contributed by atoms with Crippen LogP contribution < -0.4 is 10.0 Å². The van der Waals surface area contributed by atoms with E-state index in [1.165, 1.54) is 37.4 Å². The Morgan fingerprint density at radius 2 is 1.73 bits per heavy atom. The Hall–Kier alpha value is -2.59. The molecule has 0 fully saturated rings. The van der Waals surface area contributed by atoms with Crippen molar-refractivity contribution in [1.82, 2.24) is 0 Å². The molecule has 1 amide bonds. The summed E-state index contributed by atoms with van der Waals surface area (Å²) in [6, 6.07) is 9.43. The Morgan fingerprint density at radius 1 is 1.08 bits per heavy atom. The molecule has 0 heterocycles. The molecule has 26 heavy (non-hydrogen) atoms. The van der Waals surface area contributed by atoms with Crippen LogP contribution in [-0.2, 0) is 25.7 Å². The molecule has 0 aliphatic heterocycles. The summed E-state index contributed by atoms with van der Waals surface area (Å²) in [5.74, 6) is -0.463. The number of carbonyl (C=O) groups excluding carboxylic acids is 1. The summed E-state index contributed by atoms with van der Waals surface area (Å²) < 4.78 is 70.7. The van der Waals surface area contributed by atoms with Crippen molar-refractivity contribution in [3.05, 3.63) is 54.1 Å². The molecular weight excluding hydrogens is 373 g/mol. The van der Waals surface area contributed by atoms with Gasteiger partial charge in [-0.1, -0.05) is 18.2 Å². The van der Waals surface area contributed by atoms with E-state index in [0.29, 0.717) is 6.07 Å². The highest BCUT2D eigenvalue weighted by Crippen LogP contribution is 2.34. The number of nitrogens with one attached hydrogen (secondary N) is 2. The molecule has 140 valence electrons. The Morgan fingerprint density at radius 3 is 2.38 bits per heavy atom. The lowest BCUT2D eigenvalue weighted by Gasteiger charge is -2.15. The molecule has 0 radical (unpaired) electrons. The molecule has 10 heteroatoms. The maximum absolute atomic E-state index is 13.0. The van der Waals surface area contributed by atoms with E-state index in [1.54, 1.807) is 0 Å². The zero-order valence-electron chi connectivity index (χ0n) is 13.5. The van der Waals surface area contributed by atoms with Gasteiger partial charge >= 0.3 is 6.18 Å². The minimum Gasteiger partial charge on any atom is -0.375 e. The third-order valence-corrected chi connectivity index (χ3v) is 4.60. The summed E-state index contributed by atoms with van der Waals surface area (Å²) in [5.41, 5.74) is -1.01. The van der Waals surface area contributed by atoms with Crippen LogP contribution in [0.4, 0.5) is 24.5 Å². The number of sulfonamides is 1. The Kier molecular flexibility index (Phi) is 5.88. The van der Waals surface area contributed by atoms with Crippen LogP contribution in [0, 0.1) is 0 Å². The van der Waals surface area contributed by atoms with Crippen molar-refractivity contribution >= 4 is 27.3 Å².